The van der Waals surface area contributed by atoms with Crippen LogP contribution in [-0.4, -0.2) is 30.6 Å². The van der Waals surface area contributed by atoms with Crippen LogP contribution in [0.4, 0.5) is 4.39 Å². The average molecular weight is 397 g/mol. The van der Waals surface area contributed by atoms with Crippen molar-refractivity contribution in [3.8, 4) is 0 Å². The summed E-state index contributed by atoms with van der Waals surface area (Å²) in [7, 11) is 0. The quantitative estimate of drug-likeness (QED) is 0.777. The molecule has 2 aliphatic rings. The predicted molar refractivity (Wildman–Crippen MR) is 102 cm³/mol. The average Bonchev–Trinajstić information content (AvgIpc) is 2.59. The Morgan fingerprint density at radius 3 is 2.46 bits per heavy atom. The number of halogens is 2. The van der Waals surface area contributed by atoms with Crippen molar-refractivity contribution >= 4 is 15.9 Å². The number of hydrogen-bond donors (Lipinski definition) is 1. The first kappa shape index (κ1) is 18.3. The summed E-state index contributed by atoms with van der Waals surface area (Å²) in [4.78, 5) is 2.63. The molecule has 1 saturated heterocycles. The maximum atomic E-state index is 13.4. The van der Waals surface area contributed by atoms with Gasteiger partial charge in [-0.2, -0.15) is 0 Å². The predicted octanol–water partition coefficient (Wildman–Crippen LogP) is 4.75. The highest BCUT2D eigenvalue weighted by Crippen LogP contribution is 2.29. The molecule has 0 bridgehead atoms. The minimum Gasteiger partial charge on any atom is -0.328 e. The van der Waals surface area contributed by atoms with Gasteiger partial charge in [0, 0.05) is 10.5 Å². The highest BCUT2D eigenvalue weighted by Gasteiger charge is 2.23. The van der Waals surface area contributed by atoms with Crippen LogP contribution in [0.2, 0.25) is 0 Å². The molecular formula is C20H30BrFN2. The van der Waals surface area contributed by atoms with Crippen LogP contribution in [0.1, 0.15) is 50.5 Å². The largest absolute Gasteiger partial charge is 0.328 e. The molecule has 1 saturated carbocycles. The van der Waals surface area contributed by atoms with Crippen LogP contribution in [0.3, 0.4) is 0 Å². The van der Waals surface area contributed by atoms with Gasteiger partial charge in [0.25, 0.3) is 0 Å². The Morgan fingerprint density at radius 1 is 1.04 bits per heavy atom. The SMILES string of the molecule is NC1CCC(CCN2CCC(Cc3cc(F)ccc3Br)CC2)CC1. The van der Waals surface area contributed by atoms with E-state index in [1.54, 1.807) is 6.07 Å². The standard InChI is InChI=1S/C20H30BrFN2/c21-20-6-3-18(22)14-17(20)13-16-8-11-24(12-9-16)10-7-15-1-4-19(23)5-2-15/h3,6,14-16,19H,1-2,4-5,7-13,23H2. The summed E-state index contributed by atoms with van der Waals surface area (Å²) in [6.07, 6.45) is 9.89. The first-order valence-electron chi connectivity index (χ1n) is 9.52. The van der Waals surface area contributed by atoms with Gasteiger partial charge in [0.05, 0.1) is 0 Å². The number of hydrogen-bond acceptors (Lipinski definition) is 2. The molecule has 0 amide bonds. The smallest absolute Gasteiger partial charge is 0.123 e. The number of rotatable bonds is 5. The van der Waals surface area contributed by atoms with E-state index in [1.165, 1.54) is 70.6 Å². The molecule has 134 valence electrons. The number of piperidine rings is 1. The zero-order chi connectivity index (χ0) is 16.9. The number of nitrogens with two attached hydrogens (primary N) is 1. The molecule has 1 aliphatic carbocycles. The van der Waals surface area contributed by atoms with Crippen LogP contribution < -0.4 is 5.73 Å². The lowest BCUT2D eigenvalue weighted by Crippen LogP contribution is -2.36. The summed E-state index contributed by atoms with van der Waals surface area (Å²) in [5.41, 5.74) is 7.11. The van der Waals surface area contributed by atoms with Crippen molar-refractivity contribution in [2.45, 2.75) is 57.4 Å². The zero-order valence-corrected chi connectivity index (χ0v) is 16.1. The van der Waals surface area contributed by atoms with Gasteiger partial charge < -0.3 is 10.6 Å². The molecule has 2 nitrogen and oxygen atoms in total. The van der Waals surface area contributed by atoms with E-state index in [0.717, 1.165) is 22.4 Å². The Labute approximate surface area is 154 Å². The van der Waals surface area contributed by atoms with Crippen LogP contribution in [0.15, 0.2) is 22.7 Å². The zero-order valence-electron chi connectivity index (χ0n) is 14.5. The third-order valence-electron chi connectivity index (χ3n) is 5.97. The monoisotopic (exact) mass is 396 g/mol. The van der Waals surface area contributed by atoms with Crippen LogP contribution in [0, 0.1) is 17.7 Å². The number of benzene rings is 1. The normalized spacial score (nSPS) is 26.6. The first-order chi connectivity index (χ1) is 11.6. The first-order valence-corrected chi connectivity index (χ1v) is 10.3. The van der Waals surface area contributed by atoms with Crippen molar-refractivity contribution < 1.29 is 4.39 Å². The second-order valence-electron chi connectivity index (χ2n) is 7.79. The summed E-state index contributed by atoms with van der Waals surface area (Å²) >= 11 is 3.56. The van der Waals surface area contributed by atoms with E-state index in [4.69, 9.17) is 5.73 Å². The summed E-state index contributed by atoms with van der Waals surface area (Å²) in [6, 6.07) is 5.49. The lowest BCUT2D eigenvalue weighted by atomic mass is 9.84. The van der Waals surface area contributed by atoms with Crippen LogP contribution in [-0.2, 0) is 6.42 Å². The highest BCUT2D eigenvalue weighted by molar-refractivity contribution is 9.10. The molecule has 1 heterocycles. The van der Waals surface area contributed by atoms with E-state index < -0.39 is 0 Å². The fraction of sp³-hybridized carbons (Fsp3) is 0.700. The lowest BCUT2D eigenvalue weighted by molar-refractivity contribution is 0.165. The molecule has 24 heavy (non-hydrogen) atoms. The number of nitrogens with zero attached hydrogens (tertiary/aromatic N) is 1. The summed E-state index contributed by atoms with van der Waals surface area (Å²) in [5, 5.41) is 0. The second-order valence-corrected chi connectivity index (χ2v) is 8.65. The molecule has 2 N–H and O–H groups in total. The van der Waals surface area contributed by atoms with Gasteiger partial charge in [-0.05, 0) is 107 Å². The van der Waals surface area contributed by atoms with E-state index in [2.05, 4.69) is 20.8 Å². The highest BCUT2D eigenvalue weighted by atomic mass is 79.9. The van der Waals surface area contributed by atoms with E-state index in [-0.39, 0.29) is 5.82 Å². The summed E-state index contributed by atoms with van der Waals surface area (Å²) in [5.74, 6) is 1.45. The molecule has 0 unspecified atom stereocenters. The van der Waals surface area contributed by atoms with Gasteiger partial charge in [-0.3, -0.25) is 0 Å². The molecule has 1 aromatic rings. The molecule has 0 spiro atoms. The van der Waals surface area contributed by atoms with E-state index >= 15 is 0 Å². The molecule has 0 radical (unpaired) electrons. The Morgan fingerprint density at radius 2 is 1.75 bits per heavy atom. The molecular weight excluding hydrogens is 367 g/mol. The molecule has 1 aliphatic heterocycles. The fourth-order valence-corrected chi connectivity index (χ4v) is 4.68. The van der Waals surface area contributed by atoms with Crippen molar-refractivity contribution in [1.82, 2.24) is 4.90 Å². The van der Waals surface area contributed by atoms with Crippen molar-refractivity contribution in [2.24, 2.45) is 17.6 Å². The number of likely N-dealkylation sites (tertiary alicyclic amines) is 1. The molecule has 0 atom stereocenters. The maximum Gasteiger partial charge on any atom is 0.123 e. The maximum absolute atomic E-state index is 13.4. The van der Waals surface area contributed by atoms with Crippen LogP contribution in [0.25, 0.3) is 0 Å². The second kappa shape index (κ2) is 8.77. The Balaban J connectivity index is 1.39. The van der Waals surface area contributed by atoms with Crippen molar-refractivity contribution in [2.75, 3.05) is 19.6 Å². The molecule has 1 aromatic carbocycles. The lowest BCUT2D eigenvalue weighted by Gasteiger charge is -2.34. The van der Waals surface area contributed by atoms with E-state index in [9.17, 15) is 4.39 Å². The van der Waals surface area contributed by atoms with E-state index in [1.807, 2.05) is 6.07 Å². The minimum absolute atomic E-state index is 0.127. The molecule has 2 fully saturated rings. The summed E-state index contributed by atoms with van der Waals surface area (Å²) < 4.78 is 14.5. The molecule has 3 rings (SSSR count). The third-order valence-corrected chi connectivity index (χ3v) is 6.74. The van der Waals surface area contributed by atoms with Crippen LogP contribution in [0.5, 0.6) is 0 Å². The topological polar surface area (TPSA) is 29.3 Å². The third kappa shape index (κ3) is 5.27. The minimum atomic E-state index is -0.127. The van der Waals surface area contributed by atoms with Gasteiger partial charge in [0.1, 0.15) is 5.82 Å². The van der Waals surface area contributed by atoms with Gasteiger partial charge in [0.2, 0.25) is 0 Å². The van der Waals surface area contributed by atoms with Gasteiger partial charge in [-0.25, -0.2) is 4.39 Å². The summed E-state index contributed by atoms with van der Waals surface area (Å²) in [6.45, 7) is 3.64. The Hall–Kier alpha value is -0.450. The van der Waals surface area contributed by atoms with E-state index in [0.29, 0.717) is 12.0 Å². The van der Waals surface area contributed by atoms with Gasteiger partial charge in [-0.15, -0.1) is 0 Å². The molecule has 4 heteroatoms. The van der Waals surface area contributed by atoms with Crippen LogP contribution >= 0.6 is 15.9 Å². The molecule has 0 aromatic heterocycles. The van der Waals surface area contributed by atoms with Crippen molar-refractivity contribution in [3.05, 3.63) is 34.1 Å². The van der Waals surface area contributed by atoms with Gasteiger partial charge in [-0.1, -0.05) is 15.9 Å². The Kier molecular flexibility index (Phi) is 6.71. The Bertz CT molecular complexity index is 520. The van der Waals surface area contributed by atoms with Crippen molar-refractivity contribution in [3.63, 3.8) is 0 Å². The van der Waals surface area contributed by atoms with Gasteiger partial charge >= 0.3 is 0 Å². The fourth-order valence-electron chi connectivity index (χ4n) is 4.27. The van der Waals surface area contributed by atoms with Gasteiger partial charge in [0.15, 0.2) is 0 Å². The van der Waals surface area contributed by atoms with Crippen molar-refractivity contribution in [1.29, 1.82) is 0 Å².